The van der Waals surface area contributed by atoms with Gasteiger partial charge in [-0.1, -0.05) is 29.8 Å². The first kappa shape index (κ1) is 22.2. The number of anilines is 1. The predicted molar refractivity (Wildman–Crippen MR) is 121 cm³/mol. The minimum atomic E-state index is -0.300. The van der Waals surface area contributed by atoms with Crippen LogP contribution < -0.4 is 19.5 Å². The van der Waals surface area contributed by atoms with E-state index in [1.165, 1.54) is 6.07 Å². The summed E-state index contributed by atoms with van der Waals surface area (Å²) in [5.74, 6) is 1.45. The summed E-state index contributed by atoms with van der Waals surface area (Å²) in [5, 5.41) is 3.87. The first-order valence-corrected chi connectivity index (χ1v) is 10.6. The Labute approximate surface area is 189 Å². The highest BCUT2D eigenvalue weighted by molar-refractivity contribution is 9.10. The van der Waals surface area contributed by atoms with Crippen LogP contribution >= 0.6 is 27.5 Å². The maximum Gasteiger partial charge on any atom is 0.175 e. The van der Waals surface area contributed by atoms with E-state index in [-0.39, 0.29) is 12.4 Å². The SMILES string of the molecule is CCOc1cc(CNc2ccc(OC)c(Cl)c2)cc(Br)c1OCc1ccccc1F. The third-order valence-electron chi connectivity index (χ3n) is 4.35. The monoisotopic (exact) mass is 493 g/mol. The quantitative estimate of drug-likeness (QED) is 0.353. The average molecular weight is 495 g/mol. The average Bonchev–Trinajstić information content (AvgIpc) is 2.73. The second-order valence-electron chi connectivity index (χ2n) is 6.42. The molecule has 0 aromatic heterocycles. The number of rotatable bonds is 9. The molecule has 0 bridgehead atoms. The number of hydrogen-bond acceptors (Lipinski definition) is 4. The molecular formula is C23H22BrClFNO3. The van der Waals surface area contributed by atoms with Crippen LogP contribution in [0, 0.1) is 5.82 Å². The largest absolute Gasteiger partial charge is 0.495 e. The Balaban J connectivity index is 1.75. The summed E-state index contributed by atoms with van der Waals surface area (Å²) >= 11 is 9.74. The molecule has 0 saturated heterocycles. The van der Waals surface area contributed by atoms with Crippen molar-refractivity contribution in [2.45, 2.75) is 20.1 Å². The van der Waals surface area contributed by atoms with Crippen LogP contribution in [0.5, 0.6) is 17.2 Å². The molecule has 0 radical (unpaired) electrons. The Hall–Kier alpha value is -2.44. The molecule has 4 nitrogen and oxygen atoms in total. The van der Waals surface area contributed by atoms with Crippen LogP contribution in [0.25, 0.3) is 0 Å². The van der Waals surface area contributed by atoms with Crippen molar-refractivity contribution >= 4 is 33.2 Å². The molecule has 0 aliphatic rings. The van der Waals surface area contributed by atoms with Crippen LogP contribution in [0.3, 0.4) is 0 Å². The number of ether oxygens (including phenoxy) is 3. The highest BCUT2D eigenvalue weighted by Gasteiger charge is 2.14. The highest BCUT2D eigenvalue weighted by Crippen LogP contribution is 2.38. The summed E-state index contributed by atoms with van der Waals surface area (Å²) in [4.78, 5) is 0. The summed E-state index contributed by atoms with van der Waals surface area (Å²) in [6.07, 6.45) is 0. The zero-order chi connectivity index (χ0) is 21.5. The van der Waals surface area contributed by atoms with E-state index in [4.69, 9.17) is 25.8 Å². The van der Waals surface area contributed by atoms with E-state index in [0.29, 0.717) is 41.0 Å². The molecule has 3 rings (SSSR count). The third kappa shape index (κ3) is 5.58. The molecule has 1 N–H and O–H groups in total. The highest BCUT2D eigenvalue weighted by atomic mass is 79.9. The fraction of sp³-hybridized carbons (Fsp3) is 0.217. The van der Waals surface area contributed by atoms with Gasteiger partial charge >= 0.3 is 0 Å². The van der Waals surface area contributed by atoms with Crippen molar-refractivity contribution in [3.05, 3.63) is 81.0 Å². The van der Waals surface area contributed by atoms with Gasteiger partial charge in [0.05, 0.1) is 23.2 Å². The number of methoxy groups -OCH3 is 1. The van der Waals surface area contributed by atoms with E-state index < -0.39 is 0 Å². The zero-order valence-electron chi connectivity index (χ0n) is 16.7. The van der Waals surface area contributed by atoms with Gasteiger partial charge in [0.15, 0.2) is 11.5 Å². The van der Waals surface area contributed by atoms with Gasteiger partial charge in [-0.3, -0.25) is 0 Å². The lowest BCUT2D eigenvalue weighted by molar-refractivity contribution is 0.264. The second-order valence-corrected chi connectivity index (χ2v) is 7.68. The lowest BCUT2D eigenvalue weighted by atomic mass is 10.2. The molecule has 3 aromatic carbocycles. The van der Waals surface area contributed by atoms with Gasteiger partial charge in [0.1, 0.15) is 18.2 Å². The van der Waals surface area contributed by atoms with Gasteiger partial charge in [0, 0.05) is 17.8 Å². The molecule has 0 fully saturated rings. The van der Waals surface area contributed by atoms with Crippen molar-refractivity contribution in [3.63, 3.8) is 0 Å². The summed E-state index contributed by atoms with van der Waals surface area (Å²) in [5.41, 5.74) is 2.33. The van der Waals surface area contributed by atoms with Crippen molar-refractivity contribution in [2.75, 3.05) is 19.0 Å². The van der Waals surface area contributed by atoms with Crippen LogP contribution in [-0.2, 0) is 13.2 Å². The van der Waals surface area contributed by atoms with Gasteiger partial charge < -0.3 is 19.5 Å². The number of hydrogen-bond donors (Lipinski definition) is 1. The molecule has 158 valence electrons. The predicted octanol–water partition coefficient (Wildman–Crippen LogP) is 6.84. The molecule has 0 aliphatic heterocycles. The van der Waals surface area contributed by atoms with Crippen LogP contribution in [0.2, 0.25) is 5.02 Å². The lowest BCUT2D eigenvalue weighted by Crippen LogP contribution is -2.05. The maximum atomic E-state index is 13.9. The first-order chi connectivity index (χ1) is 14.5. The van der Waals surface area contributed by atoms with Gasteiger partial charge in [0.2, 0.25) is 0 Å². The van der Waals surface area contributed by atoms with Gasteiger partial charge in [0.25, 0.3) is 0 Å². The third-order valence-corrected chi connectivity index (χ3v) is 5.23. The molecule has 0 spiro atoms. The van der Waals surface area contributed by atoms with E-state index in [9.17, 15) is 4.39 Å². The molecule has 0 amide bonds. The number of halogens is 3. The molecule has 0 aliphatic carbocycles. The normalized spacial score (nSPS) is 10.6. The lowest BCUT2D eigenvalue weighted by Gasteiger charge is -2.16. The van der Waals surface area contributed by atoms with Crippen molar-refractivity contribution in [2.24, 2.45) is 0 Å². The zero-order valence-corrected chi connectivity index (χ0v) is 19.0. The van der Waals surface area contributed by atoms with E-state index >= 15 is 0 Å². The Morgan fingerprint density at radius 1 is 1.03 bits per heavy atom. The summed E-state index contributed by atoms with van der Waals surface area (Å²) in [6, 6.07) is 15.9. The van der Waals surface area contributed by atoms with Crippen molar-refractivity contribution in [1.82, 2.24) is 0 Å². The molecule has 0 heterocycles. The maximum absolute atomic E-state index is 13.9. The molecule has 3 aromatic rings. The van der Waals surface area contributed by atoms with E-state index in [1.807, 2.05) is 37.3 Å². The van der Waals surface area contributed by atoms with Crippen molar-refractivity contribution in [3.8, 4) is 17.2 Å². The van der Waals surface area contributed by atoms with Crippen molar-refractivity contribution < 1.29 is 18.6 Å². The van der Waals surface area contributed by atoms with Crippen molar-refractivity contribution in [1.29, 1.82) is 0 Å². The van der Waals surface area contributed by atoms with Gasteiger partial charge in [-0.05, 0) is 64.8 Å². The molecular weight excluding hydrogens is 473 g/mol. The first-order valence-electron chi connectivity index (χ1n) is 9.40. The summed E-state index contributed by atoms with van der Waals surface area (Å²) in [7, 11) is 1.58. The van der Waals surface area contributed by atoms with Crippen LogP contribution in [0.1, 0.15) is 18.1 Å². The van der Waals surface area contributed by atoms with Crippen LogP contribution in [0.4, 0.5) is 10.1 Å². The number of nitrogens with one attached hydrogen (secondary N) is 1. The topological polar surface area (TPSA) is 39.7 Å². The van der Waals surface area contributed by atoms with Crippen LogP contribution in [0.15, 0.2) is 59.1 Å². The van der Waals surface area contributed by atoms with Gasteiger partial charge in [-0.15, -0.1) is 0 Å². The fourth-order valence-electron chi connectivity index (χ4n) is 2.87. The molecule has 0 unspecified atom stereocenters. The van der Waals surface area contributed by atoms with Gasteiger partial charge in [-0.25, -0.2) is 4.39 Å². The molecule has 7 heteroatoms. The second kappa shape index (κ2) is 10.5. The minimum Gasteiger partial charge on any atom is -0.495 e. The molecule has 30 heavy (non-hydrogen) atoms. The fourth-order valence-corrected chi connectivity index (χ4v) is 3.73. The Bertz CT molecular complexity index is 1020. The van der Waals surface area contributed by atoms with E-state index in [1.54, 1.807) is 25.3 Å². The standard InChI is InChI=1S/C23H22BrClFNO3/c1-3-29-22-11-15(13-27-17-8-9-21(28-2)19(25)12-17)10-18(24)23(22)30-14-16-6-4-5-7-20(16)26/h4-12,27H,3,13-14H2,1-2H3. The number of benzene rings is 3. The molecule has 0 atom stereocenters. The van der Waals surface area contributed by atoms with E-state index in [2.05, 4.69) is 21.2 Å². The Morgan fingerprint density at radius 2 is 1.83 bits per heavy atom. The summed E-state index contributed by atoms with van der Waals surface area (Å²) < 4.78 is 31.4. The van der Waals surface area contributed by atoms with E-state index in [0.717, 1.165) is 15.7 Å². The van der Waals surface area contributed by atoms with Gasteiger partial charge in [-0.2, -0.15) is 0 Å². The Morgan fingerprint density at radius 3 is 2.53 bits per heavy atom. The molecule has 0 saturated carbocycles. The summed E-state index contributed by atoms with van der Waals surface area (Å²) in [6.45, 7) is 3.04. The van der Waals surface area contributed by atoms with Crippen LogP contribution in [-0.4, -0.2) is 13.7 Å². The Kier molecular flexibility index (Phi) is 7.82. The smallest absolute Gasteiger partial charge is 0.175 e. The minimum absolute atomic E-state index is 0.104.